The second-order valence-corrected chi connectivity index (χ2v) is 3.69. The highest BCUT2D eigenvalue weighted by Gasteiger charge is 2.15. The molecule has 2 rings (SSSR count). The lowest BCUT2D eigenvalue weighted by Gasteiger charge is -2.09. The Morgan fingerprint density at radius 1 is 1.67 bits per heavy atom. The number of rotatable bonds is 3. The van der Waals surface area contributed by atoms with Gasteiger partial charge in [-0.2, -0.15) is 10.2 Å². The number of nitrogen functional groups attached to an aromatic ring is 1. The molecule has 2 heterocycles. The minimum absolute atomic E-state index is 0.123. The first kappa shape index (κ1) is 11.7. The van der Waals surface area contributed by atoms with Crippen LogP contribution in [0.25, 0.3) is 0 Å². The molecule has 8 heteroatoms. The van der Waals surface area contributed by atoms with Crippen LogP contribution in [0.2, 0.25) is 0 Å². The van der Waals surface area contributed by atoms with Crippen LogP contribution in [0.15, 0.2) is 12.3 Å². The quantitative estimate of drug-likeness (QED) is 0.606. The molecule has 0 bridgehead atoms. The molecule has 92 valence electrons. The molecule has 0 radical (unpaired) electrons. The average Bonchev–Trinajstić information content (AvgIpc) is 2.97. The molecular formula is C10H11N7O. The molecule has 1 unspecified atom stereocenters. The van der Waals surface area contributed by atoms with E-state index in [4.69, 9.17) is 11.0 Å². The Morgan fingerprint density at radius 3 is 3.00 bits per heavy atom. The smallest absolute Gasteiger partial charge is 0.268 e. The van der Waals surface area contributed by atoms with Crippen molar-refractivity contribution >= 4 is 11.9 Å². The van der Waals surface area contributed by atoms with Gasteiger partial charge in [0.15, 0.2) is 0 Å². The summed E-state index contributed by atoms with van der Waals surface area (Å²) in [7, 11) is 0. The van der Waals surface area contributed by atoms with Gasteiger partial charge in [-0.3, -0.25) is 9.89 Å². The standard InChI is InChI=1S/C10H11N7O/c1-5(8-15-10(12)17-16-8)14-9(18)7-2-6(3-11)4-13-7/h2,4-5,13H,1H3,(H,14,18)(H3,12,15,16,17). The van der Waals surface area contributed by atoms with E-state index in [9.17, 15) is 4.79 Å². The third-order valence-electron chi connectivity index (χ3n) is 2.33. The molecule has 18 heavy (non-hydrogen) atoms. The molecule has 8 nitrogen and oxygen atoms in total. The first-order valence-corrected chi connectivity index (χ1v) is 5.17. The molecule has 5 N–H and O–H groups in total. The average molecular weight is 245 g/mol. The second-order valence-electron chi connectivity index (χ2n) is 3.69. The molecule has 0 aliphatic heterocycles. The van der Waals surface area contributed by atoms with E-state index in [-0.39, 0.29) is 17.9 Å². The van der Waals surface area contributed by atoms with Crippen LogP contribution in [0.4, 0.5) is 5.95 Å². The number of nitrogens with two attached hydrogens (primary N) is 1. The molecule has 2 aromatic heterocycles. The van der Waals surface area contributed by atoms with E-state index in [0.717, 1.165) is 0 Å². The van der Waals surface area contributed by atoms with Crippen LogP contribution in [0.1, 0.15) is 34.8 Å². The summed E-state index contributed by atoms with van der Waals surface area (Å²) in [4.78, 5) is 18.4. The monoisotopic (exact) mass is 245 g/mol. The van der Waals surface area contributed by atoms with Crippen LogP contribution in [0.3, 0.4) is 0 Å². The number of carbonyl (C=O) groups is 1. The number of anilines is 1. The minimum atomic E-state index is -0.365. The summed E-state index contributed by atoms with van der Waals surface area (Å²) >= 11 is 0. The number of carbonyl (C=O) groups excluding carboxylic acids is 1. The third kappa shape index (κ3) is 2.30. The van der Waals surface area contributed by atoms with Gasteiger partial charge in [0, 0.05) is 6.20 Å². The summed E-state index contributed by atoms with van der Waals surface area (Å²) in [5.41, 5.74) is 6.08. The van der Waals surface area contributed by atoms with E-state index >= 15 is 0 Å². The number of aromatic nitrogens is 4. The summed E-state index contributed by atoms with van der Waals surface area (Å²) in [6.45, 7) is 1.74. The van der Waals surface area contributed by atoms with Gasteiger partial charge in [0.1, 0.15) is 17.6 Å². The van der Waals surface area contributed by atoms with Crippen molar-refractivity contribution in [1.82, 2.24) is 25.5 Å². The first-order chi connectivity index (χ1) is 8.60. The Bertz CT molecular complexity index is 606. The first-order valence-electron chi connectivity index (χ1n) is 5.17. The summed E-state index contributed by atoms with van der Waals surface area (Å²) in [5.74, 6) is 0.254. The number of nitrogens with zero attached hydrogens (tertiary/aromatic N) is 3. The van der Waals surface area contributed by atoms with Crippen molar-refractivity contribution in [3.05, 3.63) is 29.3 Å². The van der Waals surface area contributed by atoms with Gasteiger partial charge in [-0.25, -0.2) is 0 Å². The molecule has 2 aromatic rings. The molecule has 0 spiro atoms. The van der Waals surface area contributed by atoms with Crippen molar-refractivity contribution in [3.8, 4) is 6.07 Å². The number of aromatic amines is 2. The number of H-pyrrole nitrogens is 2. The highest BCUT2D eigenvalue weighted by Crippen LogP contribution is 2.09. The highest BCUT2D eigenvalue weighted by atomic mass is 16.1. The zero-order valence-electron chi connectivity index (χ0n) is 9.56. The fraction of sp³-hybridized carbons (Fsp3) is 0.200. The number of amides is 1. The number of hydrogen-bond acceptors (Lipinski definition) is 5. The van der Waals surface area contributed by atoms with E-state index < -0.39 is 0 Å². The van der Waals surface area contributed by atoms with Gasteiger partial charge < -0.3 is 16.0 Å². The Hall–Kier alpha value is -2.82. The second kappa shape index (κ2) is 4.58. The van der Waals surface area contributed by atoms with Gasteiger partial charge in [-0.05, 0) is 13.0 Å². The van der Waals surface area contributed by atoms with Crippen LogP contribution < -0.4 is 11.1 Å². The third-order valence-corrected chi connectivity index (χ3v) is 2.33. The summed E-state index contributed by atoms with van der Waals surface area (Å²) in [5, 5.41) is 17.6. The number of hydrogen-bond donors (Lipinski definition) is 4. The van der Waals surface area contributed by atoms with Gasteiger partial charge in [0.05, 0.1) is 11.6 Å². The van der Waals surface area contributed by atoms with Crippen molar-refractivity contribution in [2.75, 3.05) is 5.73 Å². The molecule has 0 saturated carbocycles. The Morgan fingerprint density at radius 2 is 2.44 bits per heavy atom. The minimum Gasteiger partial charge on any atom is -0.367 e. The fourth-order valence-corrected chi connectivity index (χ4v) is 1.41. The van der Waals surface area contributed by atoms with Crippen LogP contribution >= 0.6 is 0 Å². The fourth-order valence-electron chi connectivity index (χ4n) is 1.41. The lowest BCUT2D eigenvalue weighted by atomic mass is 10.3. The zero-order valence-corrected chi connectivity index (χ0v) is 9.56. The van der Waals surface area contributed by atoms with Crippen LogP contribution in [0, 0.1) is 11.3 Å². The van der Waals surface area contributed by atoms with Crippen molar-refractivity contribution in [3.63, 3.8) is 0 Å². The van der Waals surface area contributed by atoms with Crippen molar-refractivity contribution in [2.24, 2.45) is 0 Å². The maximum atomic E-state index is 11.8. The van der Waals surface area contributed by atoms with Crippen molar-refractivity contribution < 1.29 is 4.79 Å². The Balaban J connectivity index is 2.05. The maximum absolute atomic E-state index is 11.8. The largest absolute Gasteiger partial charge is 0.367 e. The van der Waals surface area contributed by atoms with Gasteiger partial charge in [-0.1, -0.05) is 0 Å². The molecule has 0 aromatic carbocycles. The lowest BCUT2D eigenvalue weighted by Crippen LogP contribution is -2.27. The molecule has 0 saturated heterocycles. The van der Waals surface area contributed by atoms with Crippen LogP contribution in [-0.2, 0) is 0 Å². The van der Waals surface area contributed by atoms with E-state index in [1.165, 1.54) is 12.3 Å². The Labute approximate surface area is 102 Å². The van der Waals surface area contributed by atoms with E-state index in [1.807, 2.05) is 6.07 Å². The molecule has 1 atom stereocenters. The van der Waals surface area contributed by atoms with Crippen molar-refractivity contribution in [2.45, 2.75) is 13.0 Å². The van der Waals surface area contributed by atoms with Gasteiger partial charge in [0.2, 0.25) is 5.95 Å². The van der Waals surface area contributed by atoms with E-state index in [2.05, 4.69) is 25.5 Å². The molecule has 0 aliphatic carbocycles. The molecule has 1 amide bonds. The van der Waals surface area contributed by atoms with Crippen LogP contribution in [-0.4, -0.2) is 26.1 Å². The Kier molecular flexibility index (Phi) is 2.97. The summed E-state index contributed by atoms with van der Waals surface area (Å²) < 4.78 is 0. The topological polar surface area (TPSA) is 136 Å². The number of nitriles is 1. The van der Waals surface area contributed by atoms with Gasteiger partial charge in [0.25, 0.3) is 5.91 Å². The SMILES string of the molecule is CC(NC(=O)c1cc(C#N)c[nH]1)c1nc(N)n[nH]1. The van der Waals surface area contributed by atoms with E-state index in [1.54, 1.807) is 6.92 Å². The van der Waals surface area contributed by atoms with Gasteiger partial charge >= 0.3 is 0 Å². The summed E-state index contributed by atoms with van der Waals surface area (Å²) in [6, 6.07) is 3.04. The zero-order chi connectivity index (χ0) is 13.1. The number of nitrogens with one attached hydrogen (secondary N) is 3. The molecule has 0 aliphatic rings. The van der Waals surface area contributed by atoms with Gasteiger partial charge in [-0.15, -0.1) is 5.10 Å². The highest BCUT2D eigenvalue weighted by molar-refractivity contribution is 5.93. The predicted octanol–water partition coefficient (Wildman–Crippen LogP) is 0.0777. The van der Waals surface area contributed by atoms with E-state index in [0.29, 0.717) is 17.1 Å². The molecular weight excluding hydrogens is 234 g/mol. The predicted molar refractivity (Wildman–Crippen MR) is 62.2 cm³/mol. The molecule has 0 fully saturated rings. The lowest BCUT2D eigenvalue weighted by molar-refractivity contribution is 0.0934. The maximum Gasteiger partial charge on any atom is 0.268 e. The normalized spacial score (nSPS) is 11.8. The summed E-state index contributed by atoms with van der Waals surface area (Å²) in [6.07, 6.45) is 1.46. The van der Waals surface area contributed by atoms with Crippen molar-refractivity contribution in [1.29, 1.82) is 5.26 Å². The van der Waals surface area contributed by atoms with Crippen LogP contribution in [0.5, 0.6) is 0 Å².